The fraction of sp³-hybridized carbons (Fsp3) is 0.636. The van der Waals surface area contributed by atoms with E-state index in [9.17, 15) is 9.59 Å². The Morgan fingerprint density at radius 1 is 0.929 bits per heavy atom. The van der Waals surface area contributed by atoms with E-state index in [0.717, 1.165) is 57.7 Å². The third-order valence-corrected chi connectivity index (χ3v) is 6.06. The normalized spacial score (nSPS) is 21.1. The number of rotatable bonds is 6. The predicted octanol–water partition coefficient (Wildman–Crippen LogP) is 1.88. The van der Waals surface area contributed by atoms with Gasteiger partial charge in [-0.3, -0.25) is 19.4 Å². The SMILES string of the molecule is C[C@H](NC(=O)[C@@H](C)N1CCN(CC(=O)N2CCCCC2)CC1)c1ccccc1. The zero-order valence-corrected chi connectivity index (χ0v) is 17.3. The first-order valence-electron chi connectivity index (χ1n) is 10.6. The highest BCUT2D eigenvalue weighted by atomic mass is 16.2. The van der Waals surface area contributed by atoms with Gasteiger partial charge >= 0.3 is 0 Å². The number of nitrogens with zero attached hydrogens (tertiary/aromatic N) is 3. The van der Waals surface area contributed by atoms with Gasteiger partial charge < -0.3 is 10.2 Å². The summed E-state index contributed by atoms with van der Waals surface area (Å²) in [6, 6.07) is 9.88. The van der Waals surface area contributed by atoms with E-state index in [-0.39, 0.29) is 23.9 Å². The van der Waals surface area contributed by atoms with Crippen LogP contribution in [0.4, 0.5) is 0 Å². The van der Waals surface area contributed by atoms with E-state index in [2.05, 4.69) is 15.1 Å². The molecule has 0 aliphatic carbocycles. The molecule has 0 spiro atoms. The van der Waals surface area contributed by atoms with Crippen LogP contribution in [0.25, 0.3) is 0 Å². The van der Waals surface area contributed by atoms with E-state index in [1.807, 2.05) is 49.1 Å². The van der Waals surface area contributed by atoms with Crippen LogP contribution in [0.3, 0.4) is 0 Å². The van der Waals surface area contributed by atoms with Crippen LogP contribution in [0.1, 0.15) is 44.7 Å². The fourth-order valence-corrected chi connectivity index (χ4v) is 4.07. The third-order valence-electron chi connectivity index (χ3n) is 6.06. The number of likely N-dealkylation sites (tertiary alicyclic amines) is 1. The molecular formula is C22H34N4O2. The maximum absolute atomic E-state index is 12.7. The maximum atomic E-state index is 12.7. The van der Waals surface area contributed by atoms with Gasteiger partial charge in [0.25, 0.3) is 0 Å². The Morgan fingerprint density at radius 2 is 1.57 bits per heavy atom. The molecule has 2 aliphatic heterocycles. The first-order valence-corrected chi connectivity index (χ1v) is 10.6. The molecule has 28 heavy (non-hydrogen) atoms. The van der Waals surface area contributed by atoms with Gasteiger partial charge in [0.2, 0.25) is 11.8 Å². The van der Waals surface area contributed by atoms with Crippen molar-refractivity contribution in [3.05, 3.63) is 35.9 Å². The van der Waals surface area contributed by atoms with Gasteiger partial charge in [-0.2, -0.15) is 0 Å². The summed E-state index contributed by atoms with van der Waals surface area (Å²) in [5, 5.41) is 3.12. The number of hydrogen-bond acceptors (Lipinski definition) is 4. The first kappa shape index (κ1) is 20.8. The molecule has 2 fully saturated rings. The quantitative estimate of drug-likeness (QED) is 0.811. The number of carbonyl (C=O) groups excluding carboxylic acids is 2. The van der Waals surface area contributed by atoms with Gasteiger partial charge in [-0.1, -0.05) is 30.3 Å². The third kappa shape index (κ3) is 5.55. The van der Waals surface area contributed by atoms with E-state index >= 15 is 0 Å². The summed E-state index contributed by atoms with van der Waals surface area (Å²) >= 11 is 0. The van der Waals surface area contributed by atoms with Crippen molar-refractivity contribution in [1.29, 1.82) is 0 Å². The number of benzene rings is 1. The fourth-order valence-electron chi connectivity index (χ4n) is 4.07. The lowest BCUT2D eigenvalue weighted by molar-refractivity contribution is -0.134. The highest BCUT2D eigenvalue weighted by Gasteiger charge is 2.28. The molecule has 1 aromatic rings. The molecule has 3 rings (SSSR count). The second-order valence-electron chi connectivity index (χ2n) is 8.07. The highest BCUT2D eigenvalue weighted by molar-refractivity contribution is 5.81. The Bertz CT molecular complexity index is 637. The highest BCUT2D eigenvalue weighted by Crippen LogP contribution is 2.14. The van der Waals surface area contributed by atoms with E-state index < -0.39 is 0 Å². The van der Waals surface area contributed by atoms with Crippen LogP contribution in [-0.4, -0.2) is 78.4 Å². The van der Waals surface area contributed by atoms with Crippen molar-refractivity contribution in [2.45, 2.75) is 45.2 Å². The van der Waals surface area contributed by atoms with E-state index in [1.54, 1.807) is 0 Å². The van der Waals surface area contributed by atoms with E-state index in [1.165, 1.54) is 6.42 Å². The van der Waals surface area contributed by atoms with Crippen molar-refractivity contribution in [3.63, 3.8) is 0 Å². The standard InChI is InChI=1S/C22H34N4O2/c1-18(20-9-5-3-6-10-20)23-22(28)19(2)25-15-13-24(14-16-25)17-21(27)26-11-7-4-8-12-26/h3,5-6,9-10,18-19H,4,7-8,11-17H2,1-2H3,(H,23,28)/t18-,19+/m0/s1. The molecule has 0 saturated carbocycles. The average Bonchev–Trinajstić information content (AvgIpc) is 2.75. The number of carbonyl (C=O) groups is 2. The van der Waals surface area contributed by atoms with Gasteiger partial charge in [0.1, 0.15) is 0 Å². The Kier molecular flexibility index (Phi) is 7.45. The molecule has 6 nitrogen and oxygen atoms in total. The van der Waals surface area contributed by atoms with E-state index in [0.29, 0.717) is 6.54 Å². The second-order valence-corrected chi connectivity index (χ2v) is 8.07. The number of piperazine rings is 1. The molecule has 2 heterocycles. The molecular weight excluding hydrogens is 352 g/mol. The summed E-state index contributed by atoms with van der Waals surface area (Å²) in [4.78, 5) is 31.6. The monoisotopic (exact) mass is 386 g/mol. The predicted molar refractivity (Wildman–Crippen MR) is 111 cm³/mol. The molecule has 1 aromatic carbocycles. The van der Waals surface area contributed by atoms with Crippen molar-refractivity contribution >= 4 is 11.8 Å². The lowest BCUT2D eigenvalue weighted by Gasteiger charge is -2.38. The molecule has 2 atom stereocenters. The summed E-state index contributed by atoms with van der Waals surface area (Å²) in [5.74, 6) is 0.324. The molecule has 6 heteroatoms. The lowest BCUT2D eigenvalue weighted by Crippen LogP contribution is -2.55. The van der Waals surface area contributed by atoms with Crippen molar-refractivity contribution in [2.75, 3.05) is 45.8 Å². The van der Waals surface area contributed by atoms with Crippen LogP contribution in [0.15, 0.2) is 30.3 Å². The van der Waals surface area contributed by atoms with Gasteiger partial charge in [0.05, 0.1) is 18.6 Å². The lowest BCUT2D eigenvalue weighted by atomic mass is 10.1. The summed E-state index contributed by atoms with van der Waals surface area (Å²) in [5.41, 5.74) is 1.11. The largest absolute Gasteiger partial charge is 0.348 e. The van der Waals surface area contributed by atoms with Gasteiger partial charge in [-0.15, -0.1) is 0 Å². The van der Waals surface area contributed by atoms with Gasteiger partial charge in [-0.25, -0.2) is 0 Å². The number of hydrogen-bond donors (Lipinski definition) is 1. The minimum Gasteiger partial charge on any atom is -0.348 e. The zero-order chi connectivity index (χ0) is 19.9. The minimum absolute atomic E-state index is 0.000367. The number of piperidine rings is 1. The number of nitrogens with one attached hydrogen (secondary N) is 1. The average molecular weight is 387 g/mol. The molecule has 1 N–H and O–H groups in total. The molecule has 2 amide bonds. The zero-order valence-electron chi connectivity index (χ0n) is 17.3. The van der Waals surface area contributed by atoms with Crippen LogP contribution in [0, 0.1) is 0 Å². The summed E-state index contributed by atoms with van der Waals surface area (Å²) in [7, 11) is 0. The minimum atomic E-state index is -0.161. The Labute approximate surface area is 168 Å². The van der Waals surface area contributed by atoms with Crippen LogP contribution >= 0.6 is 0 Å². The van der Waals surface area contributed by atoms with Gasteiger partial charge in [0, 0.05) is 39.3 Å². The Morgan fingerprint density at radius 3 is 2.21 bits per heavy atom. The summed E-state index contributed by atoms with van der Waals surface area (Å²) < 4.78 is 0. The Balaban J connectivity index is 1.42. The van der Waals surface area contributed by atoms with Crippen molar-refractivity contribution in [3.8, 4) is 0 Å². The van der Waals surface area contributed by atoms with Crippen molar-refractivity contribution in [1.82, 2.24) is 20.0 Å². The van der Waals surface area contributed by atoms with Crippen LogP contribution < -0.4 is 5.32 Å². The van der Waals surface area contributed by atoms with Crippen LogP contribution in [0.2, 0.25) is 0 Å². The molecule has 2 saturated heterocycles. The topological polar surface area (TPSA) is 55.9 Å². The van der Waals surface area contributed by atoms with Crippen LogP contribution in [0.5, 0.6) is 0 Å². The first-order chi connectivity index (χ1) is 13.5. The van der Waals surface area contributed by atoms with Crippen molar-refractivity contribution in [2.24, 2.45) is 0 Å². The summed E-state index contributed by atoms with van der Waals surface area (Å²) in [6.45, 7) is 9.65. The smallest absolute Gasteiger partial charge is 0.237 e. The molecule has 154 valence electrons. The Hall–Kier alpha value is -1.92. The summed E-state index contributed by atoms with van der Waals surface area (Å²) in [6.07, 6.45) is 3.51. The van der Waals surface area contributed by atoms with Crippen LogP contribution in [-0.2, 0) is 9.59 Å². The molecule has 0 bridgehead atoms. The molecule has 2 aliphatic rings. The van der Waals surface area contributed by atoms with Crippen molar-refractivity contribution < 1.29 is 9.59 Å². The van der Waals surface area contributed by atoms with Gasteiger partial charge in [0.15, 0.2) is 0 Å². The molecule has 0 unspecified atom stereocenters. The molecule has 0 radical (unpaired) electrons. The number of amides is 2. The van der Waals surface area contributed by atoms with Gasteiger partial charge in [-0.05, 0) is 38.7 Å². The maximum Gasteiger partial charge on any atom is 0.237 e. The second kappa shape index (κ2) is 10.0. The molecule has 0 aromatic heterocycles. The van der Waals surface area contributed by atoms with E-state index in [4.69, 9.17) is 0 Å².